The molecule has 1 fully saturated rings. The molecule has 170 valence electrons. The van der Waals surface area contributed by atoms with Crippen molar-refractivity contribution in [3.8, 4) is 0 Å². The van der Waals surface area contributed by atoms with E-state index in [2.05, 4.69) is 10.2 Å². The largest absolute Gasteiger partial charge is 0.377 e. The number of carbonyl (C=O) groups is 1. The zero-order valence-corrected chi connectivity index (χ0v) is 18.2. The Kier molecular flexibility index (Phi) is 5.37. The number of amides is 1. The Hall–Kier alpha value is -3.66. The molecule has 1 amide bonds. The second-order valence-corrected chi connectivity index (χ2v) is 8.03. The summed E-state index contributed by atoms with van der Waals surface area (Å²) in [5, 5.41) is 9.51. The minimum absolute atomic E-state index is 0.259. The van der Waals surface area contributed by atoms with Gasteiger partial charge in [-0.25, -0.2) is 18.2 Å². The normalized spacial score (nSPS) is 16.7. The molecule has 3 heterocycles. The van der Waals surface area contributed by atoms with Crippen molar-refractivity contribution >= 4 is 28.4 Å². The highest BCUT2D eigenvalue weighted by Gasteiger charge is 2.33. The monoisotopic (exact) mass is 452 g/mol. The number of ether oxygens (including phenoxy) is 1. The highest BCUT2D eigenvalue weighted by molar-refractivity contribution is 5.95. The summed E-state index contributed by atoms with van der Waals surface area (Å²) >= 11 is 0. The lowest BCUT2D eigenvalue weighted by atomic mass is 10.1. The molecule has 8 nitrogen and oxygen atoms in total. The first-order valence-corrected chi connectivity index (χ1v) is 10.6. The summed E-state index contributed by atoms with van der Waals surface area (Å²) in [6, 6.07) is 10.8. The number of carbonyl (C=O) groups excluding carboxylic acids is 1. The van der Waals surface area contributed by atoms with Gasteiger partial charge in [0, 0.05) is 38.2 Å². The smallest absolute Gasteiger partial charge is 0.260 e. The van der Waals surface area contributed by atoms with E-state index >= 15 is 0 Å². The molecule has 0 N–H and O–H groups in total. The number of aromatic nitrogens is 4. The number of nitrogens with zero attached hydrogens (tertiary/aromatic N) is 6. The van der Waals surface area contributed by atoms with E-state index in [0.717, 1.165) is 23.0 Å². The number of rotatable bonds is 4. The van der Waals surface area contributed by atoms with Gasteiger partial charge in [-0.3, -0.25) is 4.79 Å². The van der Waals surface area contributed by atoms with Crippen molar-refractivity contribution in [1.82, 2.24) is 24.5 Å². The number of fused-ring (bicyclic) bond motifs is 3. The van der Waals surface area contributed by atoms with Gasteiger partial charge in [-0.15, -0.1) is 10.2 Å². The molecule has 33 heavy (non-hydrogen) atoms. The van der Waals surface area contributed by atoms with Crippen LogP contribution in [0.4, 0.5) is 14.7 Å². The number of hydrogen-bond donors (Lipinski definition) is 0. The van der Waals surface area contributed by atoms with Crippen LogP contribution in [0.3, 0.4) is 0 Å². The lowest BCUT2D eigenvalue weighted by molar-refractivity contribution is 0.0663. The van der Waals surface area contributed by atoms with Crippen LogP contribution in [-0.2, 0) is 11.3 Å². The Balaban J connectivity index is 1.51. The summed E-state index contributed by atoms with van der Waals surface area (Å²) in [5.41, 5.74) is 0.920. The van der Waals surface area contributed by atoms with Crippen LogP contribution in [0.25, 0.3) is 16.6 Å². The fraction of sp³-hybridized carbons (Fsp3) is 0.304. The predicted molar refractivity (Wildman–Crippen MR) is 118 cm³/mol. The van der Waals surface area contributed by atoms with Crippen LogP contribution in [0.2, 0.25) is 0 Å². The van der Waals surface area contributed by atoms with Crippen LogP contribution >= 0.6 is 0 Å². The molecule has 4 aromatic rings. The third-order valence-electron chi connectivity index (χ3n) is 5.92. The molecule has 1 aliphatic heterocycles. The van der Waals surface area contributed by atoms with E-state index in [-0.39, 0.29) is 19.2 Å². The first-order chi connectivity index (χ1) is 16.0. The first kappa shape index (κ1) is 21.2. The Bertz CT molecular complexity index is 1340. The minimum Gasteiger partial charge on any atom is -0.377 e. The Morgan fingerprint density at radius 2 is 1.85 bits per heavy atom. The van der Waals surface area contributed by atoms with Crippen molar-refractivity contribution in [2.75, 3.05) is 31.6 Å². The van der Waals surface area contributed by atoms with E-state index in [1.165, 1.54) is 11.0 Å². The fourth-order valence-electron chi connectivity index (χ4n) is 4.34. The van der Waals surface area contributed by atoms with Crippen LogP contribution in [0.5, 0.6) is 0 Å². The van der Waals surface area contributed by atoms with E-state index < -0.39 is 23.1 Å². The van der Waals surface area contributed by atoms with Gasteiger partial charge in [0.15, 0.2) is 11.5 Å². The Labute approximate surface area is 188 Å². The lowest BCUT2D eigenvalue weighted by Crippen LogP contribution is -2.55. The molecule has 0 saturated carbocycles. The fourth-order valence-corrected chi connectivity index (χ4v) is 4.34. The standard InChI is InChI=1S/C23H22F2N6O2/c1-14-12-29(10-11-30(14)22(32)20-16(24)7-5-8-17(20)25)23-26-18-9-4-3-6-15(18)21-28-27-19(13-33-2)31(21)23/h3-9,14H,10-13H2,1-2H3/t14-/m1/s1. The van der Waals surface area contributed by atoms with Crippen LogP contribution in [-0.4, -0.2) is 63.2 Å². The maximum Gasteiger partial charge on any atom is 0.260 e. The molecule has 0 unspecified atom stereocenters. The molecule has 1 atom stereocenters. The van der Waals surface area contributed by atoms with Gasteiger partial charge in [0.25, 0.3) is 5.91 Å². The topological polar surface area (TPSA) is 75.9 Å². The molecular weight excluding hydrogens is 430 g/mol. The summed E-state index contributed by atoms with van der Waals surface area (Å²) in [7, 11) is 1.59. The summed E-state index contributed by atoms with van der Waals surface area (Å²) in [5.74, 6) is -1.13. The number of para-hydroxylation sites is 1. The average Bonchev–Trinajstić information content (AvgIpc) is 3.22. The molecule has 0 radical (unpaired) electrons. The average molecular weight is 452 g/mol. The van der Waals surface area contributed by atoms with Crippen molar-refractivity contribution in [3.05, 3.63) is 65.5 Å². The highest BCUT2D eigenvalue weighted by atomic mass is 19.1. The zero-order chi connectivity index (χ0) is 23.1. The summed E-state index contributed by atoms with van der Waals surface area (Å²) in [4.78, 5) is 21.3. The lowest BCUT2D eigenvalue weighted by Gasteiger charge is -2.40. The zero-order valence-electron chi connectivity index (χ0n) is 18.2. The molecule has 0 bridgehead atoms. The molecular formula is C23H22F2N6O2. The van der Waals surface area contributed by atoms with Gasteiger partial charge in [0.1, 0.15) is 23.8 Å². The molecule has 2 aromatic heterocycles. The van der Waals surface area contributed by atoms with Crippen LogP contribution in [0.15, 0.2) is 42.5 Å². The summed E-state index contributed by atoms with van der Waals surface area (Å²) in [6.07, 6.45) is 0. The number of halogens is 2. The molecule has 1 saturated heterocycles. The van der Waals surface area contributed by atoms with Crippen molar-refractivity contribution in [2.24, 2.45) is 0 Å². The van der Waals surface area contributed by atoms with Crippen LogP contribution in [0, 0.1) is 11.6 Å². The molecule has 0 spiro atoms. The van der Waals surface area contributed by atoms with Crippen molar-refractivity contribution in [1.29, 1.82) is 0 Å². The second-order valence-electron chi connectivity index (χ2n) is 8.03. The van der Waals surface area contributed by atoms with E-state index in [4.69, 9.17) is 9.72 Å². The molecule has 2 aromatic carbocycles. The maximum absolute atomic E-state index is 14.2. The van der Waals surface area contributed by atoms with Gasteiger partial charge in [0.2, 0.25) is 5.95 Å². The number of methoxy groups -OCH3 is 1. The van der Waals surface area contributed by atoms with Crippen LogP contribution in [0.1, 0.15) is 23.1 Å². The second kappa shape index (κ2) is 8.36. The molecule has 5 rings (SSSR count). The van der Waals surface area contributed by atoms with E-state index in [1.807, 2.05) is 40.5 Å². The van der Waals surface area contributed by atoms with E-state index in [1.54, 1.807) is 7.11 Å². The van der Waals surface area contributed by atoms with E-state index in [0.29, 0.717) is 30.5 Å². The van der Waals surface area contributed by atoms with Crippen LogP contribution < -0.4 is 4.90 Å². The van der Waals surface area contributed by atoms with Gasteiger partial charge in [-0.05, 0) is 31.2 Å². The minimum atomic E-state index is -0.860. The van der Waals surface area contributed by atoms with Crippen molar-refractivity contribution in [3.63, 3.8) is 0 Å². The van der Waals surface area contributed by atoms with Crippen molar-refractivity contribution in [2.45, 2.75) is 19.6 Å². The highest BCUT2D eigenvalue weighted by Crippen LogP contribution is 2.27. The molecule has 0 aliphatic carbocycles. The Morgan fingerprint density at radius 1 is 1.09 bits per heavy atom. The first-order valence-electron chi connectivity index (χ1n) is 10.6. The molecule has 1 aliphatic rings. The number of benzene rings is 2. The quantitative estimate of drug-likeness (QED) is 0.474. The number of anilines is 1. The molecule has 10 heteroatoms. The van der Waals surface area contributed by atoms with Crippen molar-refractivity contribution < 1.29 is 18.3 Å². The van der Waals surface area contributed by atoms with Gasteiger partial charge in [-0.1, -0.05) is 18.2 Å². The summed E-state index contributed by atoms with van der Waals surface area (Å²) < 4.78 is 35.5. The van der Waals surface area contributed by atoms with Gasteiger partial charge >= 0.3 is 0 Å². The van der Waals surface area contributed by atoms with Gasteiger partial charge < -0.3 is 14.5 Å². The Morgan fingerprint density at radius 3 is 2.58 bits per heavy atom. The maximum atomic E-state index is 14.2. The third kappa shape index (κ3) is 3.56. The van der Waals surface area contributed by atoms with Gasteiger partial charge in [-0.2, -0.15) is 0 Å². The predicted octanol–water partition coefficient (Wildman–Crippen LogP) is 3.05. The van der Waals surface area contributed by atoms with Gasteiger partial charge in [0.05, 0.1) is 5.52 Å². The number of piperazine rings is 1. The van der Waals surface area contributed by atoms with E-state index in [9.17, 15) is 13.6 Å². The third-order valence-corrected chi connectivity index (χ3v) is 5.92. The SMILES string of the molecule is COCc1nnc2c3ccccc3nc(N3CCN(C(=O)c4c(F)cccc4F)[C@H](C)C3)n12. The number of hydrogen-bond acceptors (Lipinski definition) is 6. The summed E-state index contributed by atoms with van der Waals surface area (Å²) in [6.45, 7) is 3.24.